The predicted molar refractivity (Wildman–Crippen MR) is 108 cm³/mol. The summed E-state index contributed by atoms with van der Waals surface area (Å²) >= 11 is 1.65. The van der Waals surface area contributed by atoms with Crippen molar-refractivity contribution in [2.24, 2.45) is 7.05 Å². The van der Waals surface area contributed by atoms with Gasteiger partial charge in [0.15, 0.2) is 5.13 Å². The Morgan fingerprint density at radius 3 is 2.78 bits per heavy atom. The number of fused-ring (bicyclic) bond motifs is 1. The van der Waals surface area contributed by atoms with Gasteiger partial charge in [0.1, 0.15) is 0 Å². The molecule has 0 unspecified atom stereocenters. The van der Waals surface area contributed by atoms with Crippen molar-refractivity contribution in [3.63, 3.8) is 0 Å². The van der Waals surface area contributed by atoms with E-state index >= 15 is 0 Å². The van der Waals surface area contributed by atoms with E-state index in [1.54, 1.807) is 11.3 Å². The van der Waals surface area contributed by atoms with Crippen LogP contribution in [0.5, 0.6) is 0 Å². The van der Waals surface area contributed by atoms with E-state index in [-0.39, 0.29) is 5.91 Å². The first-order valence-electron chi connectivity index (χ1n) is 9.03. The first kappa shape index (κ1) is 17.9. The molecule has 1 aliphatic rings. The van der Waals surface area contributed by atoms with Crippen molar-refractivity contribution >= 4 is 38.3 Å². The predicted octanol–water partition coefficient (Wildman–Crippen LogP) is 2.66. The van der Waals surface area contributed by atoms with Gasteiger partial charge in [-0.2, -0.15) is 5.10 Å². The number of aromatic nitrogens is 3. The number of nitrogens with zero attached hydrogens (tertiary/aromatic N) is 4. The minimum absolute atomic E-state index is 0.0357. The molecule has 1 aliphatic heterocycles. The molecule has 0 atom stereocenters. The molecule has 8 heteroatoms. The third kappa shape index (κ3) is 3.68. The van der Waals surface area contributed by atoms with Gasteiger partial charge in [-0.15, -0.1) is 0 Å². The van der Waals surface area contributed by atoms with Crippen LogP contribution in [0.3, 0.4) is 0 Å². The Morgan fingerprint density at radius 1 is 1.30 bits per heavy atom. The van der Waals surface area contributed by atoms with Crippen LogP contribution >= 0.6 is 11.3 Å². The molecule has 4 rings (SSSR count). The molecule has 27 heavy (non-hydrogen) atoms. The monoisotopic (exact) mass is 385 g/mol. The minimum Gasteiger partial charge on any atom is -0.378 e. The van der Waals surface area contributed by atoms with E-state index < -0.39 is 0 Å². The van der Waals surface area contributed by atoms with Gasteiger partial charge < -0.3 is 15.0 Å². The number of hydrogen-bond donors (Lipinski definition) is 1. The number of amides is 1. The van der Waals surface area contributed by atoms with Crippen molar-refractivity contribution < 1.29 is 9.53 Å². The second-order valence-corrected chi connectivity index (χ2v) is 7.79. The lowest BCUT2D eigenvalue weighted by Crippen LogP contribution is -2.36. The third-order valence-electron chi connectivity index (χ3n) is 4.94. The van der Waals surface area contributed by atoms with Crippen molar-refractivity contribution in [3.8, 4) is 0 Å². The molecule has 0 radical (unpaired) electrons. The molecule has 2 aromatic heterocycles. The Morgan fingerprint density at radius 2 is 2.07 bits per heavy atom. The van der Waals surface area contributed by atoms with Crippen LogP contribution in [0.15, 0.2) is 18.2 Å². The lowest BCUT2D eigenvalue weighted by molar-refractivity contribution is -0.115. The number of anilines is 2. The summed E-state index contributed by atoms with van der Waals surface area (Å²) in [6.45, 7) is 7.14. The lowest BCUT2D eigenvalue weighted by Gasteiger charge is -2.25. The number of thiazole rings is 1. The van der Waals surface area contributed by atoms with Gasteiger partial charge in [0.05, 0.1) is 35.5 Å². The summed E-state index contributed by atoms with van der Waals surface area (Å²) in [5, 5.41) is 8.39. The maximum Gasteiger partial charge on any atom is 0.228 e. The van der Waals surface area contributed by atoms with E-state index in [2.05, 4.69) is 15.3 Å². The number of rotatable bonds is 4. The molecule has 1 amide bonds. The van der Waals surface area contributed by atoms with Gasteiger partial charge in [0.2, 0.25) is 5.91 Å². The van der Waals surface area contributed by atoms with Gasteiger partial charge >= 0.3 is 0 Å². The Labute approximate surface area is 162 Å². The van der Waals surface area contributed by atoms with Crippen LogP contribution in [0.2, 0.25) is 0 Å². The molecule has 3 aromatic rings. The highest BCUT2D eigenvalue weighted by molar-refractivity contribution is 7.22. The largest absolute Gasteiger partial charge is 0.378 e. The van der Waals surface area contributed by atoms with Crippen molar-refractivity contribution in [1.82, 2.24) is 14.8 Å². The number of hydrogen-bond acceptors (Lipinski definition) is 6. The van der Waals surface area contributed by atoms with Crippen molar-refractivity contribution in [3.05, 3.63) is 35.2 Å². The second-order valence-electron chi connectivity index (χ2n) is 6.78. The molecular weight excluding hydrogens is 362 g/mol. The van der Waals surface area contributed by atoms with Crippen LogP contribution < -0.4 is 10.2 Å². The first-order valence-corrected chi connectivity index (χ1v) is 9.85. The lowest BCUT2D eigenvalue weighted by atomic mass is 10.1. The number of carbonyl (C=O) groups excluding carboxylic acids is 1. The summed E-state index contributed by atoms with van der Waals surface area (Å²) in [5.41, 5.74) is 4.67. The summed E-state index contributed by atoms with van der Waals surface area (Å²) < 4.78 is 8.29. The number of carbonyl (C=O) groups is 1. The Kier molecular flexibility index (Phi) is 4.84. The van der Waals surface area contributed by atoms with E-state index in [4.69, 9.17) is 9.72 Å². The standard InChI is InChI=1S/C19H23N5O2S/c1-12-15(13(2)23(3)22-12)11-18(25)20-14-4-5-16-17(10-14)27-19(21-16)24-6-8-26-9-7-24/h4-5,10H,6-9,11H2,1-3H3,(H,20,25). The topological polar surface area (TPSA) is 72.3 Å². The molecular formula is C19H23N5O2S. The molecule has 1 saturated heterocycles. The van der Waals surface area contributed by atoms with Gasteiger partial charge in [0.25, 0.3) is 0 Å². The van der Waals surface area contributed by atoms with Crippen LogP contribution in [0.1, 0.15) is 17.0 Å². The molecule has 1 aromatic carbocycles. The summed E-state index contributed by atoms with van der Waals surface area (Å²) in [5.74, 6) is -0.0357. The Hall–Kier alpha value is -2.45. The minimum atomic E-state index is -0.0357. The molecule has 7 nitrogen and oxygen atoms in total. The third-order valence-corrected chi connectivity index (χ3v) is 6.02. The molecule has 1 N–H and O–H groups in total. The fourth-order valence-electron chi connectivity index (χ4n) is 3.32. The molecule has 0 bridgehead atoms. The van der Waals surface area contributed by atoms with Gasteiger partial charge in [-0.3, -0.25) is 9.48 Å². The Balaban J connectivity index is 1.49. The number of benzene rings is 1. The summed E-state index contributed by atoms with van der Waals surface area (Å²) in [6, 6.07) is 5.87. The zero-order valence-electron chi connectivity index (χ0n) is 15.8. The van der Waals surface area contributed by atoms with Gasteiger partial charge in [0, 0.05) is 37.1 Å². The van der Waals surface area contributed by atoms with E-state index in [0.717, 1.165) is 64.3 Å². The molecule has 142 valence electrons. The van der Waals surface area contributed by atoms with Crippen LogP contribution in [0.25, 0.3) is 10.2 Å². The maximum atomic E-state index is 12.5. The average Bonchev–Trinajstić information content (AvgIpc) is 3.18. The number of ether oxygens (including phenoxy) is 1. The van der Waals surface area contributed by atoms with Crippen LogP contribution in [-0.2, 0) is 23.0 Å². The normalized spacial score (nSPS) is 14.7. The number of aryl methyl sites for hydroxylation is 2. The van der Waals surface area contributed by atoms with E-state index in [1.165, 1.54) is 0 Å². The molecule has 0 saturated carbocycles. The zero-order chi connectivity index (χ0) is 19.0. The fourth-order valence-corrected chi connectivity index (χ4v) is 4.38. The highest BCUT2D eigenvalue weighted by atomic mass is 32.1. The van der Waals surface area contributed by atoms with Crippen molar-refractivity contribution in [2.75, 3.05) is 36.5 Å². The van der Waals surface area contributed by atoms with Crippen molar-refractivity contribution in [1.29, 1.82) is 0 Å². The highest BCUT2D eigenvalue weighted by Gasteiger charge is 2.17. The molecule has 1 fully saturated rings. The maximum absolute atomic E-state index is 12.5. The van der Waals surface area contributed by atoms with Crippen molar-refractivity contribution in [2.45, 2.75) is 20.3 Å². The van der Waals surface area contributed by atoms with Crippen LogP contribution in [0.4, 0.5) is 10.8 Å². The molecule has 3 heterocycles. The van der Waals surface area contributed by atoms with Crippen LogP contribution in [-0.4, -0.2) is 47.0 Å². The quantitative estimate of drug-likeness (QED) is 0.748. The highest BCUT2D eigenvalue weighted by Crippen LogP contribution is 2.31. The van der Waals surface area contributed by atoms with Gasteiger partial charge in [-0.25, -0.2) is 4.98 Å². The zero-order valence-corrected chi connectivity index (χ0v) is 16.6. The summed E-state index contributed by atoms with van der Waals surface area (Å²) in [7, 11) is 1.90. The number of morpholine rings is 1. The Bertz CT molecular complexity index is 988. The fraction of sp³-hybridized carbons (Fsp3) is 0.421. The molecule has 0 aliphatic carbocycles. The van der Waals surface area contributed by atoms with Gasteiger partial charge in [-0.05, 0) is 32.0 Å². The molecule has 0 spiro atoms. The number of nitrogens with one attached hydrogen (secondary N) is 1. The summed E-state index contributed by atoms with van der Waals surface area (Å²) in [6.07, 6.45) is 0.325. The second kappa shape index (κ2) is 7.28. The van der Waals surface area contributed by atoms with E-state index in [0.29, 0.717) is 6.42 Å². The smallest absolute Gasteiger partial charge is 0.228 e. The van der Waals surface area contributed by atoms with E-state index in [1.807, 2.05) is 43.8 Å². The average molecular weight is 385 g/mol. The van der Waals surface area contributed by atoms with Gasteiger partial charge in [-0.1, -0.05) is 11.3 Å². The first-order chi connectivity index (χ1) is 13.0. The summed E-state index contributed by atoms with van der Waals surface area (Å²) in [4.78, 5) is 19.5. The van der Waals surface area contributed by atoms with Crippen LogP contribution in [0, 0.1) is 13.8 Å². The van der Waals surface area contributed by atoms with E-state index in [9.17, 15) is 4.79 Å². The SMILES string of the molecule is Cc1nn(C)c(C)c1CC(=O)Nc1ccc2nc(N3CCOCC3)sc2c1.